The van der Waals surface area contributed by atoms with Gasteiger partial charge >= 0.3 is 6.18 Å². The van der Waals surface area contributed by atoms with Crippen LogP contribution in [0.5, 0.6) is 0 Å². The maximum absolute atomic E-state index is 12.8. The number of carbonyl (C=O) groups excluding carboxylic acids is 1. The molecule has 0 aliphatic carbocycles. The molecule has 0 radical (unpaired) electrons. The van der Waals surface area contributed by atoms with E-state index in [1.165, 1.54) is 42.5 Å². The van der Waals surface area contributed by atoms with Crippen molar-refractivity contribution in [3.63, 3.8) is 0 Å². The zero-order valence-electron chi connectivity index (χ0n) is 12.3. The molecule has 0 unspecified atom stereocenters. The second-order valence-electron chi connectivity index (χ2n) is 4.74. The van der Waals surface area contributed by atoms with E-state index >= 15 is 0 Å². The Kier molecular flexibility index (Phi) is 5.51. The molecule has 126 valence electrons. The third-order valence-corrected chi connectivity index (χ3v) is 2.96. The van der Waals surface area contributed by atoms with Crippen LogP contribution in [-0.2, 0) is 11.0 Å². The Hall–Kier alpha value is -2.90. The molecule has 1 amide bonds. The molecule has 0 spiro atoms. The number of carbonyl (C=O) groups is 1. The summed E-state index contributed by atoms with van der Waals surface area (Å²) in [6, 6.07) is 10.2. The minimum absolute atomic E-state index is 0.156. The highest BCUT2D eigenvalue weighted by Gasteiger charge is 2.32. The monoisotopic (exact) mass is 339 g/mol. The molecule has 0 heterocycles. The summed E-state index contributed by atoms with van der Waals surface area (Å²) in [5.74, 6) is -0.960. The summed E-state index contributed by atoms with van der Waals surface area (Å²) in [6.07, 6.45) is -3.57. The van der Waals surface area contributed by atoms with Crippen LogP contribution in [0.3, 0.4) is 0 Å². The summed E-state index contributed by atoms with van der Waals surface area (Å²) >= 11 is 0. The molecule has 4 nitrogen and oxygen atoms in total. The number of hydrogen-bond donors (Lipinski definition) is 2. The molecule has 2 aromatic carbocycles. The van der Waals surface area contributed by atoms with Gasteiger partial charge < -0.3 is 5.32 Å². The van der Waals surface area contributed by atoms with Gasteiger partial charge in [0.2, 0.25) is 0 Å². The van der Waals surface area contributed by atoms with Crippen LogP contribution in [0.4, 0.5) is 23.2 Å². The van der Waals surface area contributed by atoms with Crippen LogP contribution >= 0.6 is 0 Å². The first kappa shape index (κ1) is 17.5. The van der Waals surface area contributed by atoms with Crippen molar-refractivity contribution in [3.05, 3.63) is 65.5 Å². The Morgan fingerprint density at radius 3 is 2.42 bits per heavy atom. The molecule has 0 aliphatic heterocycles. The van der Waals surface area contributed by atoms with E-state index in [1.54, 1.807) is 0 Å². The first-order valence-electron chi connectivity index (χ1n) is 6.84. The molecule has 0 fully saturated rings. The van der Waals surface area contributed by atoms with E-state index in [0.29, 0.717) is 5.69 Å². The fourth-order valence-electron chi connectivity index (χ4n) is 1.83. The second kappa shape index (κ2) is 7.58. The number of amides is 1. The number of benzene rings is 2. The zero-order chi connectivity index (χ0) is 17.6. The molecule has 2 aromatic rings. The lowest BCUT2D eigenvalue weighted by Gasteiger charge is -2.09. The highest BCUT2D eigenvalue weighted by atomic mass is 19.4. The Balaban J connectivity index is 1.90. The van der Waals surface area contributed by atoms with E-state index in [-0.39, 0.29) is 12.1 Å². The average molecular weight is 339 g/mol. The number of hydrogen-bond acceptors (Lipinski definition) is 3. The Labute approximate surface area is 135 Å². The van der Waals surface area contributed by atoms with Gasteiger partial charge in [0, 0.05) is 11.3 Å². The predicted octanol–water partition coefficient (Wildman–Crippen LogP) is 3.41. The first-order chi connectivity index (χ1) is 11.4. The van der Waals surface area contributed by atoms with E-state index in [1.807, 2.05) is 0 Å². The van der Waals surface area contributed by atoms with Crippen molar-refractivity contribution in [3.8, 4) is 0 Å². The lowest BCUT2D eigenvalue weighted by molar-refractivity contribution is -0.137. The fourth-order valence-corrected chi connectivity index (χ4v) is 1.83. The highest BCUT2D eigenvalue weighted by Crippen LogP contribution is 2.30. The van der Waals surface area contributed by atoms with Gasteiger partial charge in [0.05, 0.1) is 18.3 Å². The lowest BCUT2D eigenvalue weighted by atomic mass is 10.1. The standard InChI is InChI=1S/C16H13F4N3O/c17-12-5-7-13(8-6-12)21-10-15(24)23-22-9-11-3-1-2-4-14(11)16(18,19)20/h1-9,21H,10H2,(H,23,24)/b22-9-. The van der Waals surface area contributed by atoms with Crippen molar-refractivity contribution in [1.82, 2.24) is 5.43 Å². The van der Waals surface area contributed by atoms with Crippen LogP contribution in [-0.4, -0.2) is 18.7 Å². The number of alkyl halides is 3. The zero-order valence-corrected chi connectivity index (χ0v) is 12.3. The van der Waals surface area contributed by atoms with Gasteiger partial charge in [-0.1, -0.05) is 18.2 Å². The summed E-state index contributed by atoms with van der Waals surface area (Å²) < 4.78 is 51.1. The maximum atomic E-state index is 12.8. The number of rotatable bonds is 5. The van der Waals surface area contributed by atoms with Gasteiger partial charge in [0.1, 0.15) is 5.82 Å². The summed E-state index contributed by atoms with van der Waals surface area (Å²) in [4.78, 5) is 11.6. The number of nitrogens with zero attached hydrogens (tertiary/aromatic N) is 1. The molecule has 0 aliphatic rings. The third-order valence-electron chi connectivity index (χ3n) is 2.96. The van der Waals surface area contributed by atoms with E-state index in [4.69, 9.17) is 0 Å². The molecule has 2 rings (SSSR count). The molecule has 0 saturated heterocycles. The largest absolute Gasteiger partial charge is 0.417 e. The SMILES string of the molecule is O=C(CNc1ccc(F)cc1)N/N=C\c1ccccc1C(F)(F)F. The van der Waals surface area contributed by atoms with Crippen molar-refractivity contribution >= 4 is 17.8 Å². The van der Waals surface area contributed by atoms with Crippen LogP contribution in [0.2, 0.25) is 0 Å². The number of nitrogens with one attached hydrogen (secondary N) is 2. The number of halogens is 4. The van der Waals surface area contributed by atoms with Crippen molar-refractivity contribution in [2.45, 2.75) is 6.18 Å². The normalized spacial score (nSPS) is 11.5. The quantitative estimate of drug-likeness (QED) is 0.498. The molecule has 2 N–H and O–H groups in total. The molecule has 0 aromatic heterocycles. The summed E-state index contributed by atoms with van der Waals surface area (Å²) in [6.45, 7) is -0.163. The minimum atomic E-state index is -4.50. The first-order valence-corrected chi connectivity index (χ1v) is 6.84. The van der Waals surface area contributed by atoms with Crippen LogP contribution in [0.1, 0.15) is 11.1 Å². The fraction of sp³-hybridized carbons (Fsp3) is 0.125. The summed E-state index contributed by atoms with van der Waals surface area (Å²) in [5.41, 5.74) is 1.65. The number of hydrazone groups is 1. The third kappa shape index (κ3) is 5.08. The van der Waals surface area contributed by atoms with E-state index in [9.17, 15) is 22.4 Å². The van der Waals surface area contributed by atoms with Crippen molar-refractivity contribution in [1.29, 1.82) is 0 Å². The topological polar surface area (TPSA) is 53.5 Å². The average Bonchev–Trinajstić information content (AvgIpc) is 2.54. The molecule has 24 heavy (non-hydrogen) atoms. The molecule has 0 atom stereocenters. The van der Waals surface area contributed by atoms with Crippen molar-refractivity contribution in [2.75, 3.05) is 11.9 Å². The van der Waals surface area contributed by atoms with Crippen LogP contribution < -0.4 is 10.7 Å². The predicted molar refractivity (Wildman–Crippen MR) is 82.1 cm³/mol. The molecule has 0 bridgehead atoms. The lowest BCUT2D eigenvalue weighted by Crippen LogP contribution is -2.26. The van der Waals surface area contributed by atoms with Crippen molar-refractivity contribution < 1.29 is 22.4 Å². The van der Waals surface area contributed by atoms with Gasteiger partial charge in [-0.05, 0) is 30.3 Å². The van der Waals surface area contributed by atoms with Gasteiger partial charge in [-0.3, -0.25) is 4.79 Å². The summed E-state index contributed by atoms with van der Waals surface area (Å²) in [7, 11) is 0. The number of anilines is 1. The van der Waals surface area contributed by atoms with Crippen LogP contribution in [0.15, 0.2) is 53.6 Å². The molecule has 0 saturated carbocycles. The van der Waals surface area contributed by atoms with Gasteiger partial charge in [-0.2, -0.15) is 18.3 Å². The Bertz CT molecular complexity index is 727. The van der Waals surface area contributed by atoms with E-state index < -0.39 is 23.5 Å². The Morgan fingerprint density at radius 1 is 1.08 bits per heavy atom. The van der Waals surface area contributed by atoms with E-state index in [0.717, 1.165) is 12.3 Å². The van der Waals surface area contributed by atoms with Gasteiger partial charge in [0.15, 0.2) is 0 Å². The van der Waals surface area contributed by atoms with Crippen LogP contribution in [0, 0.1) is 5.82 Å². The Morgan fingerprint density at radius 2 is 1.75 bits per heavy atom. The molecular weight excluding hydrogens is 326 g/mol. The van der Waals surface area contributed by atoms with E-state index in [2.05, 4.69) is 15.8 Å². The van der Waals surface area contributed by atoms with Gasteiger partial charge in [-0.25, -0.2) is 9.82 Å². The smallest absolute Gasteiger partial charge is 0.376 e. The van der Waals surface area contributed by atoms with Gasteiger partial charge in [-0.15, -0.1) is 0 Å². The summed E-state index contributed by atoms with van der Waals surface area (Å²) in [5, 5.41) is 6.24. The maximum Gasteiger partial charge on any atom is 0.417 e. The highest BCUT2D eigenvalue weighted by molar-refractivity contribution is 5.85. The minimum Gasteiger partial charge on any atom is -0.376 e. The van der Waals surface area contributed by atoms with Gasteiger partial charge in [0.25, 0.3) is 5.91 Å². The van der Waals surface area contributed by atoms with Crippen LogP contribution in [0.25, 0.3) is 0 Å². The van der Waals surface area contributed by atoms with Crippen molar-refractivity contribution in [2.24, 2.45) is 5.10 Å². The molecular formula is C16H13F4N3O. The second-order valence-corrected chi connectivity index (χ2v) is 4.74. The molecule has 8 heteroatoms.